The van der Waals surface area contributed by atoms with Crippen LogP contribution in [0, 0.1) is 0 Å². The third-order valence-corrected chi connectivity index (χ3v) is 5.49. The first-order valence-electron chi connectivity index (χ1n) is 9.30. The van der Waals surface area contributed by atoms with E-state index in [2.05, 4.69) is 26.6 Å². The molecule has 0 bridgehead atoms. The predicted molar refractivity (Wildman–Crippen MR) is 114 cm³/mol. The van der Waals surface area contributed by atoms with Crippen LogP contribution in [-0.2, 0) is 4.79 Å². The van der Waals surface area contributed by atoms with E-state index in [-0.39, 0.29) is 24.5 Å². The molecular formula is C21H22BrClN2O3. The first kappa shape index (κ1) is 20.7. The second-order valence-electron chi connectivity index (χ2n) is 6.77. The van der Waals surface area contributed by atoms with Crippen molar-refractivity contribution in [3.8, 4) is 5.75 Å². The lowest BCUT2D eigenvalue weighted by Gasteiger charge is -2.23. The number of benzene rings is 2. The van der Waals surface area contributed by atoms with E-state index in [0.29, 0.717) is 26.5 Å². The fourth-order valence-corrected chi connectivity index (χ4v) is 4.02. The highest BCUT2D eigenvalue weighted by Crippen LogP contribution is 2.28. The van der Waals surface area contributed by atoms with Crippen LogP contribution in [0.1, 0.15) is 42.5 Å². The zero-order chi connectivity index (χ0) is 19.9. The third kappa shape index (κ3) is 5.72. The summed E-state index contributed by atoms with van der Waals surface area (Å²) >= 11 is 9.25. The van der Waals surface area contributed by atoms with Gasteiger partial charge in [-0.3, -0.25) is 9.59 Å². The Balaban J connectivity index is 1.60. The quantitative estimate of drug-likeness (QED) is 0.617. The summed E-state index contributed by atoms with van der Waals surface area (Å²) in [4.78, 5) is 25.0. The molecular weight excluding hydrogens is 444 g/mol. The second-order valence-corrected chi connectivity index (χ2v) is 8.06. The Labute approximate surface area is 177 Å². The van der Waals surface area contributed by atoms with E-state index in [1.807, 2.05) is 0 Å². The number of carbonyl (C=O) groups excluding carboxylic acids is 2. The lowest BCUT2D eigenvalue weighted by molar-refractivity contribution is -0.118. The van der Waals surface area contributed by atoms with Crippen LogP contribution < -0.4 is 15.4 Å². The molecule has 5 nitrogen and oxygen atoms in total. The summed E-state index contributed by atoms with van der Waals surface area (Å²) in [5.41, 5.74) is 0.925. The van der Waals surface area contributed by atoms with E-state index in [4.69, 9.17) is 16.3 Å². The molecule has 0 spiro atoms. The number of carbonyl (C=O) groups is 2. The Morgan fingerprint density at radius 1 is 1.11 bits per heavy atom. The largest absolute Gasteiger partial charge is 0.483 e. The van der Waals surface area contributed by atoms with Crippen molar-refractivity contribution in [3.05, 3.63) is 57.5 Å². The number of rotatable bonds is 6. The van der Waals surface area contributed by atoms with Crippen LogP contribution in [0.3, 0.4) is 0 Å². The summed E-state index contributed by atoms with van der Waals surface area (Å²) < 4.78 is 6.20. The molecule has 0 aliphatic heterocycles. The van der Waals surface area contributed by atoms with Crippen molar-refractivity contribution in [2.75, 3.05) is 11.9 Å². The molecule has 0 saturated heterocycles. The first-order chi connectivity index (χ1) is 13.5. The van der Waals surface area contributed by atoms with Crippen molar-refractivity contribution < 1.29 is 14.3 Å². The van der Waals surface area contributed by atoms with Crippen molar-refractivity contribution in [3.63, 3.8) is 0 Å². The second kappa shape index (κ2) is 9.94. The maximum atomic E-state index is 12.7. The minimum Gasteiger partial charge on any atom is -0.483 e. The van der Waals surface area contributed by atoms with Crippen LogP contribution >= 0.6 is 27.5 Å². The van der Waals surface area contributed by atoms with Crippen molar-refractivity contribution in [2.45, 2.75) is 38.1 Å². The first-order valence-corrected chi connectivity index (χ1v) is 10.5. The fourth-order valence-electron chi connectivity index (χ4n) is 3.22. The van der Waals surface area contributed by atoms with Gasteiger partial charge < -0.3 is 15.4 Å². The summed E-state index contributed by atoms with van der Waals surface area (Å²) in [6.07, 6.45) is 5.51. The lowest BCUT2D eigenvalue weighted by Crippen LogP contribution is -2.36. The molecule has 0 unspecified atom stereocenters. The van der Waals surface area contributed by atoms with Gasteiger partial charge in [0.15, 0.2) is 6.61 Å². The highest BCUT2D eigenvalue weighted by Gasteiger charge is 2.19. The number of nitrogens with one attached hydrogen (secondary N) is 2. The monoisotopic (exact) mass is 464 g/mol. The van der Waals surface area contributed by atoms with E-state index in [1.165, 1.54) is 6.42 Å². The molecule has 1 fully saturated rings. The van der Waals surface area contributed by atoms with Crippen LogP contribution in [0.2, 0.25) is 5.02 Å². The normalized spacial score (nSPS) is 14.4. The van der Waals surface area contributed by atoms with E-state index in [0.717, 1.165) is 25.7 Å². The molecule has 28 heavy (non-hydrogen) atoms. The lowest BCUT2D eigenvalue weighted by atomic mass is 9.95. The molecule has 0 aromatic heterocycles. The summed E-state index contributed by atoms with van der Waals surface area (Å²) in [5, 5.41) is 6.41. The zero-order valence-electron chi connectivity index (χ0n) is 15.3. The molecule has 1 aliphatic rings. The Bertz CT molecular complexity index is 853. The van der Waals surface area contributed by atoms with E-state index >= 15 is 0 Å². The number of hydrogen-bond donors (Lipinski definition) is 2. The average molecular weight is 466 g/mol. The molecule has 0 heterocycles. The minimum atomic E-state index is -0.347. The number of anilines is 1. The average Bonchev–Trinajstić information content (AvgIpc) is 2.68. The van der Waals surface area contributed by atoms with Crippen LogP contribution in [-0.4, -0.2) is 24.5 Å². The van der Waals surface area contributed by atoms with Crippen molar-refractivity contribution >= 4 is 45.0 Å². The van der Waals surface area contributed by atoms with Gasteiger partial charge in [-0.15, -0.1) is 0 Å². The summed E-state index contributed by atoms with van der Waals surface area (Å²) in [7, 11) is 0. The van der Waals surface area contributed by atoms with E-state index in [9.17, 15) is 9.59 Å². The van der Waals surface area contributed by atoms with Gasteiger partial charge in [-0.2, -0.15) is 0 Å². The maximum absolute atomic E-state index is 12.7. The van der Waals surface area contributed by atoms with Gasteiger partial charge in [-0.1, -0.05) is 43.0 Å². The number of para-hydroxylation sites is 1. The molecule has 1 aliphatic carbocycles. The van der Waals surface area contributed by atoms with Gasteiger partial charge in [-0.05, 0) is 59.1 Å². The molecule has 7 heteroatoms. The Kier molecular flexibility index (Phi) is 7.34. The number of halogens is 2. The minimum absolute atomic E-state index is 0.163. The molecule has 2 N–H and O–H groups in total. The predicted octanol–water partition coefficient (Wildman–Crippen LogP) is 5.18. The van der Waals surface area contributed by atoms with Crippen molar-refractivity contribution in [2.24, 2.45) is 0 Å². The Morgan fingerprint density at radius 3 is 2.61 bits per heavy atom. The van der Waals surface area contributed by atoms with Gasteiger partial charge in [0, 0.05) is 11.1 Å². The van der Waals surface area contributed by atoms with Crippen LogP contribution in [0.25, 0.3) is 0 Å². The number of ether oxygens (including phenoxy) is 1. The van der Waals surface area contributed by atoms with Gasteiger partial charge in [0.25, 0.3) is 11.8 Å². The van der Waals surface area contributed by atoms with Crippen LogP contribution in [0.5, 0.6) is 5.75 Å². The summed E-state index contributed by atoms with van der Waals surface area (Å²) in [6.45, 7) is -0.182. The number of hydrogen-bond acceptors (Lipinski definition) is 3. The summed E-state index contributed by atoms with van der Waals surface area (Å²) in [6, 6.07) is 12.3. The van der Waals surface area contributed by atoms with Gasteiger partial charge in [0.05, 0.1) is 15.7 Å². The third-order valence-electron chi connectivity index (χ3n) is 4.64. The van der Waals surface area contributed by atoms with Gasteiger partial charge in [0.2, 0.25) is 0 Å². The number of amides is 2. The standard InChI is InChI=1S/C21H22BrClN2O3/c22-17-12-14(23)10-11-19(17)28-13-20(26)25-18-9-5-4-8-16(18)21(27)24-15-6-2-1-3-7-15/h4-5,8-12,15H,1-3,6-7,13H2,(H,24,27)(H,25,26). The fraction of sp³-hybridized carbons (Fsp3) is 0.333. The van der Waals surface area contributed by atoms with Gasteiger partial charge in [0.1, 0.15) is 5.75 Å². The summed E-state index contributed by atoms with van der Waals surface area (Å²) in [5.74, 6) is 0.00630. The smallest absolute Gasteiger partial charge is 0.262 e. The SMILES string of the molecule is O=C(COc1ccc(Cl)cc1Br)Nc1ccccc1C(=O)NC1CCCCC1. The Morgan fingerprint density at radius 2 is 1.86 bits per heavy atom. The molecule has 148 valence electrons. The Hall–Kier alpha value is -2.05. The molecule has 0 radical (unpaired) electrons. The topological polar surface area (TPSA) is 67.4 Å². The van der Waals surface area contributed by atoms with E-state index < -0.39 is 0 Å². The van der Waals surface area contributed by atoms with Crippen LogP contribution in [0.4, 0.5) is 5.69 Å². The van der Waals surface area contributed by atoms with E-state index in [1.54, 1.807) is 42.5 Å². The van der Waals surface area contributed by atoms with Crippen molar-refractivity contribution in [1.29, 1.82) is 0 Å². The molecule has 2 aromatic rings. The maximum Gasteiger partial charge on any atom is 0.262 e. The highest BCUT2D eigenvalue weighted by atomic mass is 79.9. The van der Waals surface area contributed by atoms with Gasteiger partial charge >= 0.3 is 0 Å². The highest BCUT2D eigenvalue weighted by molar-refractivity contribution is 9.10. The molecule has 1 saturated carbocycles. The van der Waals surface area contributed by atoms with Crippen molar-refractivity contribution in [1.82, 2.24) is 5.32 Å². The molecule has 2 aromatic carbocycles. The zero-order valence-corrected chi connectivity index (χ0v) is 17.7. The molecule has 3 rings (SSSR count). The molecule has 2 amide bonds. The molecule has 0 atom stereocenters. The van der Waals surface area contributed by atoms with Crippen LogP contribution in [0.15, 0.2) is 46.9 Å². The van der Waals surface area contributed by atoms with Gasteiger partial charge in [-0.25, -0.2) is 0 Å².